The van der Waals surface area contributed by atoms with Crippen molar-refractivity contribution in [1.29, 1.82) is 0 Å². The lowest BCUT2D eigenvalue weighted by molar-refractivity contribution is 0.309. The maximum Gasteiger partial charge on any atom is 0.126 e. The molecule has 0 heterocycles. The predicted molar refractivity (Wildman–Crippen MR) is 73.6 cm³/mol. The topological polar surface area (TPSA) is 21.3 Å². The van der Waals surface area contributed by atoms with Crippen molar-refractivity contribution in [1.82, 2.24) is 5.32 Å². The fourth-order valence-electron chi connectivity index (χ4n) is 1.72. The fourth-order valence-corrected chi connectivity index (χ4v) is 1.72. The van der Waals surface area contributed by atoms with Gasteiger partial charge in [0.05, 0.1) is 0 Å². The molecule has 18 heavy (non-hydrogen) atoms. The second-order valence-electron chi connectivity index (χ2n) is 5.04. The van der Waals surface area contributed by atoms with Gasteiger partial charge in [0.15, 0.2) is 0 Å². The minimum atomic E-state index is -0.250. The number of benzene rings is 1. The normalized spacial score (nSPS) is 10.9. The van der Waals surface area contributed by atoms with Crippen LogP contribution in [0.25, 0.3) is 0 Å². The first-order valence-electron chi connectivity index (χ1n) is 6.69. The van der Waals surface area contributed by atoms with Gasteiger partial charge in [0, 0.05) is 12.6 Å². The van der Waals surface area contributed by atoms with Crippen molar-refractivity contribution in [3.05, 3.63) is 29.6 Å². The lowest BCUT2D eigenvalue weighted by atomic mass is 10.1. The highest BCUT2D eigenvalue weighted by Crippen LogP contribution is 2.18. The van der Waals surface area contributed by atoms with E-state index >= 15 is 0 Å². The van der Waals surface area contributed by atoms with Crippen LogP contribution < -0.4 is 10.1 Å². The van der Waals surface area contributed by atoms with Gasteiger partial charge in [-0.25, -0.2) is 4.39 Å². The van der Waals surface area contributed by atoms with E-state index in [1.807, 2.05) is 6.92 Å². The van der Waals surface area contributed by atoms with Gasteiger partial charge in [-0.05, 0) is 43.9 Å². The van der Waals surface area contributed by atoms with E-state index in [-0.39, 0.29) is 5.82 Å². The summed E-state index contributed by atoms with van der Waals surface area (Å²) in [5.74, 6) is 1.15. The molecule has 1 rings (SSSR count). The van der Waals surface area contributed by atoms with Gasteiger partial charge in [-0.1, -0.05) is 19.9 Å². The molecule has 1 aromatic carbocycles. The maximum absolute atomic E-state index is 13.0. The molecular weight excluding hydrogens is 229 g/mol. The molecule has 102 valence electrons. The van der Waals surface area contributed by atoms with Crippen LogP contribution in [-0.4, -0.2) is 19.7 Å². The van der Waals surface area contributed by atoms with Gasteiger partial charge in [0.25, 0.3) is 0 Å². The largest absolute Gasteiger partial charge is 0.492 e. The number of hydrogen-bond acceptors (Lipinski definition) is 2. The summed E-state index contributed by atoms with van der Waals surface area (Å²) >= 11 is 0. The van der Waals surface area contributed by atoms with Crippen molar-refractivity contribution < 1.29 is 9.13 Å². The molecule has 0 fully saturated rings. The average Bonchev–Trinajstić information content (AvgIpc) is 2.32. The maximum atomic E-state index is 13.0. The molecule has 0 aliphatic rings. The number of nitrogens with one attached hydrogen (secondary N) is 1. The van der Waals surface area contributed by atoms with Gasteiger partial charge in [0.2, 0.25) is 0 Å². The molecule has 3 heteroatoms. The van der Waals surface area contributed by atoms with Crippen molar-refractivity contribution in [3.8, 4) is 5.75 Å². The van der Waals surface area contributed by atoms with Crippen molar-refractivity contribution in [2.75, 3.05) is 19.7 Å². The zero-order valence-corrected chi connectivity index (χ0v) is 11.6. The summed E-state index contributed by atoms with van der Waals surface area (Å²) in [6, 6.07) is 4.63. The Morgan fingerprint density at radius 2 is 2.06 bits per heavy atom. The SMILES string of the molecule is Cc1ccc(F)cc1OCCNCCCC(C)C. The molecule has 0 saturated heterocycles. The van der Waals surface area contributed by atoms with Crippen LogP contribution in [0.2, 0.25) is 0 Å². The molecular formula is C15H24FNO. The molecule has 0 aromatic heterocycles. The third-order valence-corrected chi connectivity index (χ3v) is 2.82. The first kappa shape index (κ1) is 15.0. The molecule has 0 spiro atoms. The third kappa shape index (κ3) is 6.01. The van der Waals surface area contributed by atoms with Crippen molar-refractivity contribution in [2.45, 2.75) is 33.6 Å². The Morgan fingerprint density at radius 1 is 1.28 bits per heavy atom. The van der Waals surface area contributed by atoms with Gasteiger partial charge >= 0.3 is 0 Å². The van der Waals surface area contributed by atoms with E-state index in [9.17, 15) is 4.39 Å². The summed E-state index contributed by atoms with van der Waals surface area (Å²) < 4.78 is 18.5. The Labute approximate surface area is 110 Å². The van der Waals surface area contributed by atoms with Gasteiger partial charge in [-0.3, -0.25) is 0 Å². The van der Waals surface area contributed by atoms with Crippen molar-refractivity contribution in [2.24, 2.45) is 5.92 Å². The minimum absolute atomic E-state index is 0.250. The number of rotatable bonds is 8. The Kier molecular flexibility index (Phi) is 6.73. The summed E-state index contributed by atoms with van der Waals surface area (Å²) in [7, 11) is 0. The van der Waals surface area contributed by atoms with Crippen LogP contribution in [0.4, 0.5) is 4.39 Å². The monoisotopic (exact) mass is 253 g/mol. The van der Waals surface area contributed by atoms with E-state index in [4.69, 9.17) is 4.74 Å². The van der Waals surface area contributed by atoms with E-state index in [0.29, 0.717) is 12.4 Å². The van der Waals surface area contributed by atoms with E-state index < -0.39 is 0 Å². The third-order valence-electron chi connectivity index (χ3n) is 2.82. The lowest BCUT2D eigenvalue weighted by Gasteiger charge is -2.10. The van der Waals surface area contributed by atoms with Gasteiger partial charge < -0.3 is 10.1 Å². The molecule has 1 N–H and O–H groups in total. The van der Waals surface area contributed by atoms with Gasteiger partial charge in [-0.2, -0.15) is 0 Å². The first-order valence-corrected chi connectivity index (χ1v) is 6.69. The van der Waals surface area contributed by atoms with Crippen LogP contribution in [0.5, 0.6) is 5.75 Å². The van der Waals surface area contributed by atoms with Crippen LogP contribution in [-0.2, 0) is 0 Å². The smallest absolute Gasteiger partial charge is 0.126 e. The van der Waals surface area contributed by atoms with Gasteiger partial charge in [-0.15, -0.1) is 0 Å². The molecule has 0 unspecified atom stereocenters. The molecule has 0 aliphatic carbocycles. The summed E-state index contributed by atoms with van der Waals surface area (Å²) in [6.07, 6.45) is 2.44. The molecule has 0 saturated carbocycles. The van der Waals surface area contributed by atoms with E-state index in [1.165, 1.54) is 25.0 Å². The Hall–Kier alpha value is -1.09. The van der Waals surface area contributed by atoms with E-state index in [2.05, 4.69) is 19.2 Å². The molecule has 1 aromatic rings. The number of hydrogen-bond donors (Lipinski definition) is 1. The van der Waals surface area contributed by atoms with Crippen LogP contribution in [0.3, 0.4) is 0 Å². The second-order valence-corrected chi connectivity index (χ2v) is 5.04. The standard InChI is InChI=1S/C15H24FNO/c1-12(2)5-4-8-17-9-10-18-15-11-14(16)7-6-13(15)3/h6-7,11-12,17H,4-5,8-10H2,1-3H3. The van der Waals surface area contributed by atoms with Crippen LogP contribution >= 0.6 is 0 Å². The lowest BCUT2D eigenvalue weighted by Crippen LogP contribution is -2.22. The molecule has 0 radical (unpaired) electrons. The molecule has 0 aliphatic heterocycles. The zero-order chi connectivity index (χ0) is 13.4. The summed E-state index contributed by atoms with van der Waals surface area (Å²) in [5.41, 5.74) is 0.969. The number of aryl methyl sites for hydroxylation is 1. The number of halogens is 1. The summed E-state index contributed by atoms with van der Waals surface area (Å²) in [4.78, 5) is 0. The summed E-state index contributed by atoms with van der Waals surface area (Å²) in [5, 5.41) is 3.33. The highest BCUT2D eigenvalue weighted by Gasteiger charge is 2.01. The summed E-state index contributed by atoms with van der Waals surface area (Å²) in [6.45, 7) is 8.78. The molecule has 0 bridgehead atoms. The Morgan fingerprint density at radius 3 is 2.78 bits per heavy atom. The average molecular weight is 253 g/mol. The van der Waals surface area contributed by atoms with E-state index in [0.717, 1.165) is 24.6 Å². The molecule has 0 amide bonds. The zero-order valence-electron chi connectivity index (χ0n) is 11.6. The van der Waals surface area contributed by atoms with Crippen molar-refractivity contribution >= 4 is 0 Å². The minimum Gasteiger partial charge on any atom is -0.492 e. The van der Waals surface area contributed by atoms with Gasteiger partial charge in [0.1, 0.15) is 18.2 Å². The van der Waals surface area contributed by atoms with E-state index in [1.54, 1.807) is 6.07 Å². The quantitative estimate of drug-likeness (QED) is 0.715. The Balaban J connectivity index is 2.12. The van der Waals surface area contributed by atoms with Crippen LogP contribution in [0.1, 0.15) is 32.3 Å². The highest BCUT2D eigenvalue weighted by molar-refractivity contribution is 5.32. The predicted octanol–water partition coefficient (Wildman–Crippen LogP) is 3.54. The molecule has 2 nitrogen and oxygen atoms in total. The highest BCUT2D eigenvalue weighted by atomic mass is 19.1. The van der Waals surface area contributed by atoms with Crippen LogP contribution in [0.15, 0.2) is 18.2 Å². The van der Waals surface area contributed by atoms with Crippen molar-refractivity contribution in [3.63, 3.8) is 0 Å². The fraction of sp³-hybridized carbons (Fsp3) is 0.600. The second kappa shape index (κ2) is 8.09. The van der Waals surface area contributed by atoms with Crippen LogP contribution in [0, 0.1) is 18.7 Å². The Bertz CT molecular complexity index is 352. The first-order chi connectivity index (χ1) is 8.59. The number of ether oxygens (including phenoxy) is 1. The molecule has 0 atom stereocenters.